The second kappa shape index (κ2) is 13.7. The van der Waals surface area contributed by atoms with Crippen LogP contribution in [0.1, 0.15) is 23.6 Å². The summed E-state index contributed by atoms with van der Waals surface area (Å²) in [5.41, 5.74) is 2.98. The van der Waals surface area contributed by atoms with E-state index >= 15 is 0 Å². The summed E-state index contributed by atoms with van der Waals surface area (Å²) < 4.78 is 36.1. The molecule has 1 saturated heterocycles. The zero-order chi connectivity index (χ0) is 25.9. The average molecular weight is 505 g/mol. The van der Waals surface area contributed by atoms with E-state index in [0.29, 0.717) is 19.8 Å². The number of rotatable bonds is 11. The van der Waals surface area contributed by atoms with Crippen molar-refractivity contribution in [1.29, 1.82) is 0 Å². The molecule has 1 aliphatic heterocycles. The van der Waals surface area contributed by atoms with Crippen LogP contribution in [-0.4, -0.2) is 37.7 Å². The van der Waals surface area contributed by atoms with Crippen molar-refractivity contribution < 1.29 is 33.2 Å². The van der Waals surface area contributed by atoms with E-state index in [9.17, 15) is 4.79 Å². The molecule has 37 heavy (non-hydrogen) atoms. The maximum atomic E-state index is 11.6. The normalized spacial score (nSPS) is 22.4. The summed E-state index contributed by atoms with van der Waals surface area (Å²) in [5, 5.41) is 0. The Balaban J connectivity index is 1.63. The number of carbonyl (C=O) groups is 1. The van der Waals surface area contributed by atoms with Gasteiger partial charge in [-0.25, -0.2) is 0 Å². The predicted octanol–water partition coefficient (Wildman–Crippen LogP) is 5.15. The van der Waals surface area contributed by atoms with E-state index in [1.165, 1.54) is 20.3 Å². The molecule has 1 aliphatic rings. The van der Waals surface area contributed by atoms with Gasteiger partial charge in [0.2, 0.25) is 6.29 Å². The van der Waals surface area contributed by atoms with Gasteiger partial charge in [0.25, 0.3) is 0 Å². The van der Waals surface area contributed by atoms with E-state index in [0.717, 1.165) is 16.7 Å². The van der Waals surface area contributed by atoms with Gasteiger partial charge in [-0.15, -0.1) is 0 Å². The fourth-order valence-corrected chi connectivity index (χ4v) is 4.00. The Hall–Kier alpha value is -3.49. The lowest BCUT2D eigenvalue weighted by atomic mass is 10.0. The highest BCUT2D eigenvalue weighted by atomic mass is 16.7. The first kappa shape index (κ1) is 26.6. The first-order chi connectivity index (χ1) is 18.1. The van der Waals surface area contributed by atoms with Crippen LogP contribution in [0.5, 0.6) is 0 Å². The van der Waals surface area contributed by atoms with Gasteiger partial charge in [-0.3, -0.25) is 4.79 Å². The van der Waals surface area contributed by atoms with Gasteiger partial charge < -0.3 is 28.4 Å². The summed E-state index contributed by atoms with van der Waals surface area (Å²) in [6, 6.07) is 29.5. The summed E-state index contributed by atoms with van der Waals surface area (Å²) in [7, 11) is 1.53. The fraction of sp³-hybridized carbons (Fsp3) is 0.300. The number of carbonyl (C=O) groups excluding carboxylic acids is 1. The molecule has 1 fully saturated rings. The molecular weight excluding hydrogens is 472 g/mol. The zero-order valence-electron chi connectivity index (χ0n) is 21.0. The lowest BCUT2D eigenvalue weighted by molar-refractivity contribution is -0.271. The Kier molecular flexibility index (Phi) is 9.85. The minimum absolute atomic E-state index is 0.288. The molecule has 7 heteroatoms. The number of methoxy groups -OCH3 is 1. The van der Waals surface area contributed by atoms with E-state index < -0.39 is 30.6 Å². The minimum Gasteiger partial charge on any atom is -0.460 e. The van der Waals surface area contributed by atoms with Gasteiger partial charge in [0.1, 0.15) is 24.6 Å². The van der Waals surface area contributed by atoms with Crippen molar-refractivity contribution in [3.63, 3.8) is 0 Å². The molecule has 4 atom stereocenters. The Morgan fingerprint density at radius 1 is 0.730 bits per heavy atom. The van der Waals surface area contributed by atoms with Crippen molar-refractivity contribution in [2.24, 2.45) is 0 Å². The van der Waals surface area contributed by atoms with Crippen molar-refractivity contribution in [1.82, 2.24) is 0 Å². The van der Waals surface area contributed by atoms with E-state index in [2.05, 4.69) is 0 Å². The molecule has 7 nitrogen and oxygen atoms in total. The smallest absolute Gasteiger partial charge is 0.307 e. The summed E-state index contributed by atoms with van der Waals surface area (Å²) in [5.74, 6) is -0.188. The Morgan fingerprint density at radius 2 is 1.19 bits per heavy atom. The lowest BCUT2D eigenvalue weighted by Crippen LogP contribution is -2.55. The molecule has 0 radical (unpaired) electrons. The highest BCUT2D eigenvalue weighted by Gasteiger charge is 2.47. The molecule has 0 saturated carbocycles. The highest BCUT2D eigenvalue weighted by molar-refractivity contribution is 5.66. The summed E-state index contributed by atoms with van der Waals surface area (Å²) >= 11 is 0. The molecule has 0 aliphatic carbocycles. The standard InChI is InChI=1S/C30H32O7/c1-22(31)33-21-26-27(34-18-23-12-6-3-7-13-23)28(35-19-24-14-8-4-9-15-24)29(30(32-2)37-26)36-20-25-16-10-5-11-17-25/h3-17,21,27-30H,18-20H2,1-2H3/b26-21+/t27-,28-,29+,30-/m0/s1. The fourth-order valence-electron chi connectivity index (χ4n) is 4.00. The van der Waals surface area contributed by atoms with Crippen LogP contribution in [0.4, 0.5) is 0 Å². The van der Waals surface area contributed by atoms with E-state index in [4.69, 9.17) is 28.4 Å². The van der Waals surface area contributed by atoms with Crippen molar-refractivity contribution in [3.8, 4) is 0 Å². The molecule has 1 heterocycles. The highest BCUT2D eigenvalue weighted by Crippen LogP contribution is 2.33. The van der Waals surface area contributed by atoms with Gasteiger partial charge >= 0.3 is 5.97 Å². The quantitative estimate of drug-likeness (QED) is 0.264. The number of hydrogen-bond donors (Lipinski definition) is 0. The minimum atomic E-state index is -0.817. The van der Waals surface area contributed by atoms with Crippen LogP contribution < -0.4 is 0 Å². The second-order valence-corrected chi connectivity index (χ2v) is 8.59. The largest absolute Gasteiger partial charge is 0.460 e. The monoisotopic (exact) mass is 504 g/mol. The van der Waals surface area contributed by atoms with Crippen LogP contribution in [0.2, 0.25) is 0 Å². The van der Waals surface area contributed by atoms with Crippen LogP contribution in [0.15, 0.2) is 103 Å². The molecule has 0 spiro atoms. The number of esters is 1. The maximum Gasteiger partial charge on any atom is 0.307 e. The number of hydrogen-bond acceptors (Lipinski definition) is 7. The van der Waals surface area contributed by atoms with Gasteiger partial charge in [0.05, 0.1) is 19.8 Å². The van der Waals surface area contributed by atoms with Gasteiger partial charge in [-0.2, -0.15) is 0 Å². The lowest BCUT2D eigenvalue weighted by Gasteiger charge is -2.42. The number of ether oxygens (including phenoxy) is 6. The van der Waals surface area contributed by atoms with Crippen molar-refractivity contribution in [3.05, 3.63) is 120 Å². The van der Waals surface area contributed by atoms with Crippen LogP contribution in [0, 0.1) is 0 Å². The summed E-state index contributed by atoms with van der Waals surface area (Å²) in [4.78, 5) is 11.6. The molecular formula is C30H32O7. The summed E-state index contributed by atoms with van der Waals surface area (Å²) in [6.45, 7) is 2.26. The Labute approximate surface area is 217 Å². The maximum absolute atomic E-state index is 11.6. The van der Waals surface area contributed by atoms with Crippen molar-refractivity contribution in [2.75, 3.05) is 7.11 Å². The molecule has 3 aromatic carbocycles. The van der Waals surface area contributed by atoms with Crippen LogP contribution in [0.25, 0.3) is 0 Å². The first-order valence-corrected chi connectivity index (χ1v) is 12.2. The van der Waals surface area contributed by atoms with Gasteiger partial charge in [-0.1, -0.05) is 91.0 Å². The molecule has 0 aromatic heterocycles. The van der Waals surface area contributed by atoms with E-state index in [-0.39, 0.29) is 5.76 Å². The van der Waals surface area contributed by atoms with Crippen LogP contribution in [0.3, 0.4) is 0 Å². The number of benzene rings is 3. The van der Waals surface area contributed by atoms with Gasteiger partial charge in [0, 0.05) is 14.0 Å². The first-order valence-electron chi connectivity index (χ1n) is 12.2. The molecule has 3 aromatic rings. The third kappa shape index (κ3) is 7.74. The zero-order valence-corrected chi connectivity index (χ0v) is 21.0. The van der Waals surface area contributed by atoms with Crippen molar-refractivity contribution >= 4 is 5.97 Å². The molecule has 0 N–H and O–H groups in total. The van der Waals surface area contributed by atoms with E-state index in [1.807, 2.05) is 91.0 Å². The molecule has 0 bridgehead atoms. The third-order valence-corrected chi connectivity index (χ3v) is 5.84. The molecule has 4 rings (SSSR count). The predicted molar refractivity (Wildman–Crippen MR) is 137 cm³/mol. The Bertz CT molecular complexity index is 1120. The molecule has 0 amide bonds. The SMILES string of the molecule is CO[C@H]1O/C(=C/OC(C)=O)[C@H](OCc2ccccc2)[C@H](OCc2ccccc2)[C@H]1OCc1ccccc1. The Morgan fingerprint density at radius 3 is 1.65 bits per heavy atom. The third-order valence-electron chi connectivity index (χ3n) is 5.84. The van der Waals surface area contributed by atoms with E-state index in [1.54, 1.807) is 0 Å². The van der Waals surface area contributed by atoms with Crippen molar-refractivity contribution in [2.45, 2.75) is 51.3 Å². The summed E-state index contributed by atoms with van der Waals surface area (Å²) in [6.07, 6.45) is -1.55. The van der Waals surface area contributed by atoms with Gasteiger partial charge in [-0.05, 0) is 16.7 Å². The topological polar surface area (TPSA) is 72.5 Å². The molecule has 194 valence electrons. The average Bonchev–Trinajstić information content (AvgIpc) is 2.94. The van der Waals surface area contributed by atoms with Gasteiger partial charge in [0.15, 0.2) is 5.76 Å². The molecule has 0 unspecified atom stereocenters. The van der Waals surface area contributed by atoms with Crippen LogP contribution in [-0.2, 0) is 53.0 Å². The van der Waals surface area contributed by atoms with Crippen LogP contribution >= 0.6 is 0 Å². The second-order valence-electron chi connectivity index (χ2n) is 8.59.